The number of carbonyl (C=O) groups excluding carboxylic acids is 1. The van der Waals surface area contributed by atoms with Gasteiger partial charge in [-0.25, -0.2) is 4.79 Å². The van der Waals surface area contributed by atoms with E-state index in [9.17, 15) is 9.90 Å². The molecule has 0 aromatic carbocycles. The molecule has 1 saturated carbocycles. The van der Waals surface area contributed by atoms with E-state index in [1.165, 1.54) is 0 Å². The molecule has 1 aliphatic carbocycles. The van der Waals surface area contributed by atoms with Gasteiger partial charge in [0.25, 0.3) is 0 Å². The van der Waals surface area contributed by atoms with E-state index in [2.05, 4.69) is 4.90 Å². The van der Waals surface area contributed by atoms with Gasteiger partial charge < -0.3 is 14.7 Å². The Hall–Kier alpha value is -0.810. The van der Waals surface area contributed by atoms with E-state index < -0.39 is 5.60 Å². The second kappa shape index (κ2) is 5.90. The van der Waals surface area contributed by atoms with Gasteiger partial charge in [-0.1, -0.05) is 0 Å². The normalized spacial score (nSPS) is 22.7. The Kier molecular flexibility index (Phi) is 4.59. The third kappa shape index (κ3) is 4.94. The summed E-state index contributed by atoms with van der Waals surface area (Å²) in [5.74, 6) is 0. The van der Waals surface area contributed by atoms with Crippen LogP contribution in [0.5, 0.6) is 0 Å². The van der Waals surface area contributed by atoms with Crippen molar-refractivity contribution in [3.05, 3.63) is 0 Å². The number of nitrogens with zero attached hydrogens (tertiary/aromatic N) is 2. The second-order valence-electron chi connectivity index (χ2n) is 7.14. The summed E-state index contributed by atoms with van der Waals surface area (Å²) in [6, 6.07) is 0. The number of aliphatic hydroxyl groups is 1. The van der Waals surface area contributed by atoms with E-state index in [0.717, 1.165) is 58.4 Å². The first-order chi connectivity index (χ1) is 9.27. The Morgan fingerprint density at radius 1 is 1.20 bits per heavy atom. The van der Waals surface area contributed by atoms with Crippen LogP contribution in [0.15, 0.2) is 0 Å². The van der Waals surface area contributed by atoms with Crippen molar-refractivity contribution in [2.45, 2.75) is 57.7 Å². The summed E-state index contributed by atoms with van der Waals surface area (Å²) in [6.07, 6.45) is 3.70. The molecule has 0 radical (unpaired) electrons. The topological polar surface area (TPSA) is 53.0 Å². The molecule has 5 nitrogen and oxygen atoms in total. The van der Waals surface area contributed by atoms with Gasteiger partial charge in [-0.15, -0.1) is 0 Å². The zero-order chi connectivity index (χ0) is 14.8. The van der Waals surface area contributed by atoms with Crippen LogP contribution in [0.25, 0.3) is 0 Å². The van der Waals surface area contributed by atoms with Gasteiger partial charge >= 0.3 is 6.09 Å². The Morgan fingerprint density at radius 3 is 2.30 bits per heavy atom. The zero-order valence-corrected chi connectivity index (χ0v) is 13.0. The van der Waals surface area contributed by atoms with Gasteiger partial charge in [0.05, 0.1) is 5.60 Å². The first-order valence-corrected chi connectivity index (χ1v) is 7.70. The van der Waals surface area contributed by atoms with Gasteiger partial charge in [0.1, 0.15) is 5.60 Å². The van der Waals surface area contributed by atoms with E-state index in [-0.39, 0.29) is 11.7 Å². The van der Waals surface area contributed by atoms with E-state index in [4.69, 9.17) is 4.74 Å². The summed E-state index contributed by atoms with van der Waals surface area (Å²) in [4.78, 5) is 16.1. The minimum absolute atomic E-state index is 0.204. The molecule has 0 atom stereocenters. The Labute approximate surface area is 121 Å². The molecule has 1 heterocycles. The van der Waals surface area contributed by atoms with Crippen LogP contribution in [-0.2, 0) is 4.74 Å². The predicted octanol–water partition coefficient (Wildman–Crippen LogP) is 1.84. The largest absolute Gasteiger partial charge is 0.444 e. The third-order valence-electron chi connectivity index (χ3n) is 3.97. The first-order valence-electron chi connectivity index (χ1n) is 7.70. The molecule has 2 rings (SSSR count). The molecule has 1 aliphatic heterocycles. The van der Waals surface area contributed by atoms with Gasteiger partial charge in [0, 0.05) is 26.2 Å². The highest BCUT2D eigenvalue weighted by molar-refractivity contribution is 5.68. The molecule has 0 unspecified atom stereocenters. The molecule has 20 heavy (non-hydrogen) atoms. The van der Waals surface area contributed by atoms with Crippen molar-refractivity contribution in [3.8, 4) is 0 Å². The molecule has 0 bridgehead atoms. The summed E-state index contributed by atoms with van der Waals surface area (Å²) >= 11 is 0. The monoisotopic (exact) mass is 284 g/mol. The number of hydrogen-bond acceptors (Lipinski definition) is 4. The molecule has 0 aromatic rings. The summed E-state index contributed by atoms with van der Waals surface area (Å²) in [5.41, 5.74) is -0.758. The molecule has 5 heteroatoms. The van der Waals surface area contributed by atoms with Crippen molar-refractivity contribution >= 4 is 6.09 Å². The van der Waals surface area contributed by atoms with Gasteiger partial charge in [0.2, 0.25) is 0 Å². The maximum absolute atomic E-state index is 11.9. The predicted molar refractivity (Wildman–Crippen MR) is 77.7 cm³/mol. The Morgan fingerprint density at radius 2 is 1.80 bits per heavy atom. The summed E-state index contributed by atoms with van der Waals surface area (Å²) in [5, 5.41) is 9.79. The minimum Gasteiger partial charge on any atom is -0.444 e. The van der Waals surface area contributed by atoms with Crippen molar-refractivity contribution in [1.29, 1.82) is 0 Å². The summed E-state index contributed by atoms with van der Waals surface area (Å²) < 4.78 is 5.38. The highest BCUT2D eigenvalue weighted by Crippen LogP contribution is 2.39. The van der Waals surface area contributed by atoms with Crippen LogP contribution in [-0.4, -0.2) is 64.9 Å². The number of piperazine rings is 1. The van der Waals surface area contributed by atoms with Crippen LogP contribution in [0.2, 0.25) is 0 Å². The average Bonchev–Trinajstić information content (AvgIpc) is 3.06. The van der Waals surface area contributed by atoms with Crippen molar-refractivity contribution in [3.63, 3.8) is 0 Å². The summed E-state index contributed by atoms with van der Waals surface area (Å²) in [7, 11) is 0. The summed E-state index contributed by atoms with van der Waals surface area (Å²) in [6.45, 7) is 9.97. The van der Waals surface area contributed by atoms with E-state index in [0.29, 0.717) is 0 Å². The zero-order valence-electron chi connectivity index (χ0n) is 13.0. The fourth-order valence-electron chi connectivity index (χ4n) is 2.51. The first kappa shape index (κ1) is 15.6. The molecule has 116 valence electrons. The highest BCUT2D eigenvalue weighted by Gasteiger charge is 2.39. The number of ether oxygens (including phenoxy) is 1. The highest BCUT2D eigenvalue weighted by atomic mass is 16.6. The van der Waals surface area contributed by atoms with Crippen molar-refractivity contribution in [1.82, 2.24) is 9.80 Å². The van der Waals surface area contributed by atoms with Crippen LogP contribution in [0, 0.1) is 0 Å². The van der Waals surface area contributed by atoms with Gasteiger partial charge in [-0.05, 0) is 53.0 Å². The van der Waals surface area contributed by atoms with Crippen molar-refractivity contribution < 1.29 is 14.6 Å². The molecule has 1 amide bonds. The Balaban J connectivity index is 1.63. The third-order valence-corrected chi connectivity index (χ3v) is 3.97. The lowest BCUT2D eigenvalue weighted by molar-refractivity contribution is 0.0141. The fraction of sp³-hybridized carbons (Fsp3) is 0.933. The van der Waals surface area contributed by atoms with Crippen LogP contribution in [0.3, 0.4) is 0 Å². The maximum atomic E-state index is 11.9. The quantitative estimate of drug-likeness (QED) is 0.856. The van der Waals surface area contributed by atoms with Crippen LogP contribution in [0.4, 0.5) is 4.79 Å². The molecule has 2 fully saturated rings. The van der Waals surface area contributed by atoms with Crippen LogP contribution < -0.4 is 0 Å². The van der Waals surface area contributed by atoms with Gasteiger partial charge in [-0.3, -0.25) is 4.90 Å². The van der Waals surface area contributed by atoms with E-state index in [1.54, 1.807) is 4.90 Å². The number of rotatable bonds is 4. The average molecular weight is 284 g/mol. The molecule has 0 aromatic heterocycles. The number of carbonyl (C=O) groups is 1. The van der Waals surface area contributed by atoms with Gasteiger partial charge in [-0.2, -0.15) is 0 Å². The maximum Gasteiger partial charge on any atom is 0.410 e. The molecule has 2 aliphatic rings. The van der Waals surface area contributed by atoms with E-state index >= 15 is 0 Å². The lowest BCUT2D eigenvalue weighted by Gasteiger charge is -2.35. The molecular formula is C15H28N2O3. The van der Waals surface area contributed by atoms with Crippen LogP contribution >= 0.6 is 0 Å². The Bertz CT molecular complexity index is 340. The SMILES string of the molecule is CC(C)(C)OC(=O)N1CCN(CCCC2(O)CC2)CC1. The lowest BCUT2D eigenvalue weighted by atomic mass is 10.1. The molecule has 0 spiro atoms. The van der Waals surface area contributed by atoms with E-state index in [1.807, 2.05) is 20.8 Å². The molecule has 1 saturated heterocycles. The van der Waals surface area contributed by atoms with Crippen molar-refractivity contribution in [2.75, 3.05) is 32.7 Å². The van der Waals surface area contributed by atoms with Crippen LogP contribution in [0.1, 0.15) is 46.5 Å². The standard InChI is InChI=1S/C15H28N2O3/c1-14(2,3)20-13(18)17-11-9-16(10-12-17)8-4-5-15(19)6-7-15/h19H,4-12H2,1-3H3. The molecular weight excluding hydrogens is 256 g/mol. The number of hydrogen-bond donors (Lipinski definition) is 1. The minimum atomic E-state index is -0.423. The lowest BCUT2D eigenvalue weighted by Crippen LogP contribution is -2.50. The number of amides is 1. The molecule has 1 N–H and O–H groups in total. The smallest absolute Gasteiger partial charge is 0.410 e. The van der Waals surface area contributed by atoms with Crippen molar-refractivity contribution in [2.24, 2.45) is 0 Å². The second-order valence-corrected chi connectivity index (χ2v) is 7.14. The van der Waals surface area contributed by atoms with Gasteiger partial charge in [0.15, 0.2) is 0 Å². The fourth-order valence-corrected chi connectivity index (χ4v) is 2.51.